The fraction of sp³-hybridized carbons (Fsp3) is 0.235. The number of aliphatic imine (C=N–C) groups is 1. The van der Waals surface area contributed by atoms with Crippen molar-refractivity contribution in [3.63, 3.8) is 0 Å². The van der Waals surface area contributed by atoms with E-state index >= 15 is 0 Å². The lowest BCUT2D eigenvalue weighted by atomic mass is 10.3. The van der Waals surface area contributed by atoms with Crippen molar-refractivity contribution in [1.82, 2.24) is 10.0 Å². The third-order valence-electron chi connectivity index (χ3n) is 3.71. The topological polar surface area (TPSA) is 130 Å². The van der Waals surface area contributed by atoms with Crippen molar-refractivity contribution < 1.29 is 22.4 Å². The monoisotopic (exact) mass is 390 g/mol. The van der Waals surface area contributed by atoms with Gasteiger partial charge >= 0.3 is 0 Å². The molecule has 2 amide bonds. The highest BCUT2D eigenvalue weighted by atomic mass is 32.2. The van der Waals surface area contributed by atoms with Gasteiger partial charge in [0.2, 0.25) is 5.91 Å². The number of anilines is 1. The van der Waals surface area contributed by atoms with E-state index in [1.165, 1.54) is 30.5 Å². The highest BCUT2D eigenvalue weighted by Gasteiger charge is 2.19. The molecule has 0 unspecified atom stereocenters. The van der Waals surface area contributed by atoms with Crippen LogP contribution in [0.3, 0.4) is 0 Å². The summed E-state index contributed by atoms with van der Waals surface area (Å²) in [5.74, 6) is -0.493. The van der Waals surface area contributed by atoms with Gasteiger partial charge in [0.05, 0.1) is 17.7 Å². The summed E-state index contributed by atoms with van der Waals surface area (Å²) in [5, 5.41) is 4.95. The predicted octanol–water partition coefficient (Wildman–Crippen LogP) is 1.12. The Morgan fingerprint density at radius 3 is 2.74 bits per heavy atom. The molecule has 27 heavy (non-hydrogen) atoms. The molecule has 1 aromatic carbocycles. The number of furan rings is 1. The Hall–Kier alpha value is -3.14. The largest absolute Gasteiger partial charge is 0.459 e. The molecular weight excluding hydrogens is 372 g/mol. The molecule has 0 aliphatic carbocycles. The first-order valence-corrected chi connectivity index (χ1v) is 9.70. The second-order valence-corrected chi connectivity index (χ2v) is 7.46. The van der Waals surface area contributed by atoms with Gasteiger partial charge in [-0.2, -0.15) is 0 Å². The number of carbonyl (C=O) groups excluding carboxylic acids is 2. The van der Waals surface area contributed by atoms with Gasteiger partial charge in [0.1, 0.15) is 5.84 Å². The lowest BCUT2D eigenvalue weighted by molar-refractivity contribution is -0.115. The molecule has 0 bridgehead atoms. The Bertz CT molecular complexity index is 967. The van der Waals surface area contributed by atoms with Crippen LogP contribution >= 0.6 is 0 Å². The molecule has 0 fully saturated rings. The van der Waals surface area contributed by atoms with E-state index in [4.69, 9.17) is 4.42 Å². The van der Waals surface area contributed by atoms with Crippen LogP contribution in [0.2, 0.25) is 0 Å². The molecule has 3 rings (SSSR count). The van der Waals surface area contributed by atoms with Crippen LogP contribution in [0.15, 0.2) is 57.0 Å². The minimum Gasteiger partial charge on any atom is -0.459 e. The number of rotatable bonds is 6. The minimum absolute atomic E-state index is 0.00882. The van der Waals surface area contributed by atoms with Gasteiger partial charge in [0.15, 0.2) is 5.76 Å². The van der Waals surface area contributed by atoms with Crippen molar-refractivity contribution in [3.05, 3.63) is 48.4 Å². The number of nitrogens with zero attached hydrogens (tertiary/aromatic N) is 1. The second-order valence-electron chi connectivity index (χ2n) is 5.77. The minimum atomic E-state index is -3.77. The lowest BCUT2D eigenvalue weighted by Crippen LogP contribution is -2.32. The third kappa shape index (κ3) is 4.94. The van der Waals surface area contributed by atoms with Crippen LogP contribution in [0.1, 0.15) is 23.4 Å². The van der Waals surface area contributed by atoms with Crippen LogP contribution in [0.4, 0.5) is 5.69 Å². The highest BCUT2D eigenvalue weighted by Crippen LogP contribution is 2.16. The first-order chi connectivity index (χ1) is 12.9. The van der Waals surface area contributed by atoms with E-state index in [0.29, 0.717) is 24.5 Å². The smallest absolute Gasteiger partial charge is 0.287 e. The molecule has 1 aromatic heterocycles. The Morgan fingerprint density at radius 1 is 1.19 bits per heavy atom. The summed E-state index contributed by atoms with van der Waals surface area (Å²) in [6.45, 7) is 0.323. The van der Waals surface area contributed by atoms with Gasteiger partial charge in [-0.25, -0.2) is 8.42 Å². The molecule has 0 spiro atoms. The van der Waals surface area contributed by atoms with E-state index in [-0.39, 0.29) is 17.2 Å². The summed E-state index contributed by atoms with van der Waals surface area (Å²) in [4.78, 5) is 27.8. The molecule has 1 aliphatic heterocycles. The van der Waals surface area contributed by atoms with Gasteiger partial charge in [0, 0.05) is 18.7 Å². The maximum absolute atomic E-state index is 12.4. The van der Waals surface area contributed by atoms with Crippen molar-refractivity contribution in [2.75, 3.05) is 18.4 Å². The summed E-state index contributed by atoms with van der Waals surface area (Å²) in [6.07, 6.45) is 2.76. The van der Waals surface area contributed by atoms with E-state index < -0.39 is 21.8 Å². The maximum atomic E-state index is 12.4. The summed E-state index contributed by atoms with van der Waals surface area (Å²) < 4.78 is 32.2. The summed E-state index contributed by atoms with van der Waals surface area (Å²) in [7, 11) is -3.77. The Balaban J connectivity index is 1.59. The highest BCUT2D eigenvalue weighted by molar-refractivity contribution is 7.90. The fourth-order valence-electron chi connectivity index (χ4n) is 2.44. The molecule has 2 heterocycles. The number of nitrogens with one attached hydrogen (secondary N) is 3. The molecule has 2 aromatic rings. The first-order valence-electron chi connectivity index (χ1n) is 8.22. The predicted molar refractivity (Wildman–Crippen MR) is 98.0 cm³/mol. The number of amides is 2. The summed E-state index contributed by atoms with van der Waals surface area (Å²) in [5.41, 5.74) is 0.295. The number of hydrogen-bond acceptors (Lipinski definition) is 6. The van der Waals surface area contributed by atoms with Crippen molar-refractivity contribution in [2.24, 2.45) is 4.99 Å². The van der Waals surface area contributed by atoms with Gasteiger partial charge in [-0.3, -0.25) is 19.3 Å². The number of benzene rings is 1. The van der Waals surface area contributed by atoms with E-state index in [0.717, 1.165) is 6.42 Å². The van der Waals surface area contributed by atoms with E-state index in [1.54, 1.807) is 12.1 Å². The molecule has 3 N–H and O–H groups in total. The summed E-state index contributed by atoms with van der Waals surface area (Å²) in [6, 6.07) is 8.87. The molecule has 0 saturated heterocycles. The molecule has 0 saturated carbocycles. The van der Waals surface area contributed by atoms with E-state index in [2.05, 4.69) is 20.3 Å². The van der Waals surface area contributed by atoms with Gasteiger partial charge < -0.3 is 15.1 Å². The average molecular weight is 390 g/mol. The standard InChI is InChI=1S/C17H18N4O5S/c22-16(11-19-17(23)14-6-3-9-26-14)20-12-4-1-5-13(10-12)27(24,25)21-15-7-2-8-18-15/h1,3-6,9-10H,2,7-8,11H2,(H,18,21)(H,19,23)(H,20,22). The molecule has 9 nitrogen and oxygen atoms in total. The maximum Gasteiger partial charge on any atom is 0.287 e. The first kappa shape index (κ1) is 18.6. The van der Waals surface area contributed by atoms with Gasteiger partial charge in [0.25, 0.3) is 15.9 Å². The normalized spacial score (nSPS) is 13.7. The Labute approximate surface area is 155 Å². The van der Waals surface area contributed by atoms with E-state index in [1.807, 2.05) is 0 Å². The molecule has 0 radical (unpaired) electrons. The fourth-order valence-corrected chi connectivity index (χ4v) is 3.57. The number of amidine groups is 1. The third-order valence-corrected chi connectivity index (χ3v) is 5.09. The van der Waals surface area contributed by atoms with Crippen LogP contribution in [-0.2, 0) is 14.8 Å². The molecular formula is C17H18N4O5S. The molecule has 0 atom stereocenters. The zero-order valence-corrected chi connectivity index (χ0v) is 15.1. The zero-order chi connectivity index (χ0) is 19.3. The number of hydrogen-bond donors (Lipinski definition) is 3. The average Bonchev–Trinajstić information content (AvgIpc) is 3.33. The van der Waals surface area contributed by atoms with Crippen LogP contribution in [0.5, 0.6) is 0 Å². The Morgan fingerprint density at radius 2 is 2.04 bits per heavy atom. The lowest BCUT2D eigenvalue weighted by Gasteiger charge is -2.10. The zero-order valence-electron chi connectivity index (χ0n) is 14.3. The van der Waals surface area contributed by atoms with Crippen molar-refractivity contribution >= 4 is 33.4 Å². The SMILES string of the molecule is O=C(CNC(=O)c1ccco1)Nc1cccc(S(=O)(=O)NC2=NCCC2)c1. The van der Waals surface area contributed by atoms with Gasteiger partial charge in [-0.1, -0.05) is 6.07 Å². The summed E-state index contributed by atoms with van der Waals surface area (Å²) >= 11 is 0. The van der Waals surface area contributed by atoms with Gasteiger partial charge in [-0.05, 0) is 36.8 Å². The van der Waals surface area contributed by atoms with E-state index in [9.17, 15) is 18.0 Å². The van der Waals surface area contributed by atoms with Crippen molar-refractivity contribution in [2.45, 2.75) is 17.7 Å². The van der Waals surface area contributed by atoms with Crippen molar-refractivity contribution in [3.8, 4) is 0 Å². The Kier molecular flexibility index (Phi) is 5.55. The van der Waals surface area contributed by atoms with Gasteiger partial charge in [-0.15, -0.1) is 0 Å². The number of carbonyl (C=O) groups is 2. The second kappa shape index (κ2) is 8.04. The number of sulfonamides is 1. The molecule has 142 valence electrons. The van der Waals surface area contributed by atoms with Crippen molar-refractivity contribution in [1.29, 1.82) is 0 Å². The molecule has 1 aliphatic rings. The van der Waals surface area contributed by atoms with Crippen LogP contribution in [0.25, 0.3) is 0 Å². The molecule has 10 heteroatoms. The van der Waals surface area contributed by atoms with Crippen LogP contribution < -0.4 is 15.4 Å². The van der Waals surface area contributed by atoms with Crippen LogP contribution in [-0.4, -0.2) is 39.2 Å². The quantitative estimate of drug-likeness (QED) is 0.680. The van der Waals surface area contributed by atoms with Crippen LogP contribution in [0, 0.1) is 0 Å².